The van der Waals surface area contributed by atoms with Crippen LogP contribution in [0.15, 0.2) is 54.6 Å². The van der Waals surface area contributed by atoms with Gasteiger partial charge in [-0.2, -0.15) is 0 Å². The van der Waals surface area contributed by atoms with Crippen molar-refractivity contribution in [2.75, 3.05) is 0 Å². The summed E-state index contributed by atoms with van der Waals surface area (Å²) in [5.74, 6) is 0.966. The lowest BCUT2D eigenvalue weighted by Gasteiger charge is -2.12. The second-order valence-corrected chi connectivity index (χ2v) is 6.51. The first-order chi connectivity index (χ1) is 10.6. The molecule has 0 amide bonds. The molecule has 0 saturated heterocycles. The molecule has 0 N–H and O–H groups in total. The fourth-order valence-electron chi connectivity index (χ4n) is 2.73. The van der Waals surface area contributed by atoms with E-state index in [1.165, 1.54) is 11.1 Å². The van der Waals surface area contributed by atoms with E-state index in [2.05, 4.69) is 50.2 Å². The molecule has 1 atom stereocenters. The monoisotopic (exact) mass is 294 g/mol. The van der Waals surface area contributed by atoms with Gasteiger partial charge in [-0.05, 0) is 35.4 Å². The third-order valence-electron chi connectivity index (χ3n) is 4.11. The fourth-order valence-corrected chi connectivity index (χ4v) is 2.73. The van der Waals surface area contributed by atoms with Crippen LogP contribution in [0.3, 0.4) is 0 Å². The number of carbonyl (C=O) groups excluding carboxylic acids is 1. The minimum Gasteiger partial charge on any atom is -0.299 e. The van der Waals surface area contributed by atoms with E-state index in [0.29, 0.717) is 18.1 Å². The first-order valence-electron chi connectivity index (χ1n) is 8.21. The number of hydrogen-bond donors (Lipinski definition) is 0. The zero-order valence-electron chi connectivity index (χ0n) is 13.9. The molecule has 2 rings (SSSR count). The number of Topliss-reactive ketones (excluding diaryl/α,β-unsaturated/α-hetero) is 1. The Bertz CT molecular complexity index is 581. The molecule has 2 aromatic carbocycles. The highest BCUT2D eigenvalue weighted by molar-refractivity contribution is 5.85. The molecule has 1 nitrogen and oxygen atoms in total. The van der Waals surface area contributed by atoms with Gasteiger partial charge in [0.25, 0.3) is 0 Å². The summed E-state index contributed by atoms with van der Waals surface area (Å²) in [4.78, 5) is 12.4. The molecule has 0 radical (unpaired) electrons. The van der Waals surface area contributed by atoms with E-state index >= 15 is 0 Å². The predicted octanol–water partition coefficient (Wildman–Crippen LogP) is 5.19. The van der Waals surface area contributed by atoms with Crippen molar-refractivity contribution in [1.29, 1.82) is 0 Å². The molecule has 0 aliphatic carbocycles. The van der Waals surface area contributed by atoms with Crippen molar-refractivity contribution in [3.8, 4) is 0 Å². The molecule has 0 unspecified atom stereocenters. The van der Waals surface area contributed by atoms with Crippen molar-refractivity contribution >= 4 is 5.78 Å². The summed E-state index contributed by atoms with van der Waals surface area (Å²) in [5.41, 5.74) is 3.71. The van der Waals surface area contributed by atoms with E-state index < -0.39 is 0 Å². The fraction of sp³-hybridized carbons (Fsp3) is 0.381. The maximum absolute atomic E-state index is 12.4. The Morgan fingerprint density at radius 1 is 0.864 bits per heavy atom. The lowest BCUT2D eigenvalue weighted by Crippen LogP contribution is -2.10. The molecular weight excluding hydrogens is 268 g/mol. The highest BCUT2D eigenvalue weighted by atomic mass is 16.1. The maximum Gasteiger partial charge on any atom is 0.140 e. The molecular formula is C21H26O. The summed E-state index contributed by atoms with van der Waals surface area (Å²) in [5, 5.41) is 0. The maximum atomic E-state index is 12.4. The standard InChI is InChI=1S/C21H26O/c1-16(2)15-19-9-12-20(13-10-19)17(3)21(22)14-11-18-7-5-4-6-8-18/h4-10,12-13,16-17H,11,14-15H2,1-3H3/t17-/m0/s1. The summed E-state index contributed by atoms with van der Waals surface area (Å²) in [7, 11) is 0. The van der Waals surface area contributed by atoms with Crippen LogP contribution in [0.2, 0.25) is 0 Å². The topological polar surface area (TPSA) is 17.1 Å². The van der Waals surface area contributed by atoms with Gasteiger partial charge in [0.1, 0.15) is 5.78 Å². The molecule has 0 fully saturated rings. The van der Waals surface area contributed by atoms with Crippen molar-refractivity contribution in [1.82, 2.24) is 0 Å². The Morgan fingerprint density at radius 2 is 1.50 bits per heavy atom. The van der Waals surface area contributed by atoms with Gasteiger partial charge < -0.3 is 0 Å². The van der Waals surface area contributed by atoms with Gasteiger partial charge in [0.15, 0.2) is 0 Å². The Kier molecular flexibility index (Phi) is 5.94. The zero-order valence-corrected chi connectivity index (χ0v) is 13.9. The van der Waals surface area contributed by atoms with Crippen LogP contribution in [0, 0.1) is 5.92 Å². The van der Waals surface area contributed by atoms with Crippen LogP contribution in [0.5, 0.6) is 0 Å². The average molecular weight is 294 g/mol. The number of hydrogen-bond acceptors (Lipinski definition) is 1. The lowest BCUT2D eigenvalue weighted by molar-refractivity contribution is -0.120. The highest BCUT2D eigenvalue weighted by Gasteiger charge is 2.15. The Labute approximate surface area is 134 Å². The van der Waals surface area contributed by atoms with E-state index in [1.54, 1.807) is 0 Å². The van der Waals surface area contributed by atoms with Crippen LogP contribution in [-0.4, -0.2) is 5.78 Å². The van der Waals surface area contributed by atoms with Crippen molar-refractivity contribution in [3.63, 3.8) is 0 Å². The van der Waals surface area contributed by atoms with Crippen LogP contribution in [0.25, 0.3) is 0 Å². The summed E-state index contributed by atoms with van der Waals surface area (Å²) in [6.07, 6.45) is 2.53. The smallest absolute Gasteiger partial charge is 0.140 e. The first-order valence-corrected chi connectivity index (χ1v) is 8.21. The second kappa shape index (κ2) is 7.93. The Hall–Kier alpha value is -1.89. The quantitative estimate of drug-likeness (QED) is 0.686. The summed E-state index contributed by atoms with van der Waals surface area (Å²) in [6.45, 7) is 6.47. The van der Waals surface area contributed by atoms with Crippen LogP contribution < -0.4 is 0 Å². The number of carbonyl (C=O) groups is 1. The van der Waals surface area contributed by atoms with Crippen LogP contribution >= 0.6 is 0 Å². The molecule has 0 spiro atoms. The molecule has 2 aromatic rings. The van der Waals surface area contributed by atoms with Gasteiger partial charge in [0.05, 0.1) is 0 Å². The summed E-state index contributed by atoms with van der Waals surface area (Å²) < 4.78 is 0. The van der Waals surface area contributed by atoms with Gasteiger partial charge >= 0.3 is 0 Å². The lowest BCUT2D eigenvalue weighted by atomic mass is 9.91. The van der Waals surface area contributed by atoms with Crippen LogP contribution in [0.4, 0.5) is 0 Å². The van der Waals surface area contributed by atoms with Crippen molar-refractivity contribution in [2.45, 2.75) is 46.0 Å². The third-order valence-corrected chi connectivity index (χ3v) is 4.11. The van der Waals surface area contributed by atoms with Crippen molar-refractivity contribution in [2.24, 2.45) is 5.92 Å². The summed E-state index contributed by atoms with van der Waals surface area (Å²) in [6, 6.07) is 18.8. The predicted molar refractivity (Wildman–Crippen MR) is 93.2 cm³/mol. The van der Waals surface area contributed by atoms with Crippen LogP contribution in [0.1, 0.15) is 49.8 Å². The van der Waals surface area contributed by atoms with Gasteiger partial charge in [0, 0.05) is 12.3 Å². The van der Waals surface area contributed by atoms with Crippen molar-refractivity contribution in [3.05, 3.63) is 71.3 Å². The zero-order chi connectivity index (χ0) is 15.9. The van der Waals surface area contributed by atoms with E-state index in [0.717, 1.165) is 18.4 Å². The Morgan fingerprint density at radius 3 is 2.09 bits per heavy atom. The first kappa shape index (κ1) is 16.5. The van der Waals surface area contributed by atoms with Gasteiger partial charge in [-0.1, -0.05) is 75.4 Å². The Balaban J connectivity index is 1.92. The molecule has 0 aliphatic rings. The van der Waals surface area contributed by atoms with E-state index in [9.17, 15) is 4.79 Å². The third kappa shape index (κ3) is 4.84. The number of ketones is 1. The molecule has 0 aliphatic heterocycles. The van der Waals surface area contributed by atoms with Crippen LogP contribution in [-0.2, 0) is 17.6 Å². The molecule has 0 saturated carbocycles. The highest BCUT2D eigenvalue weighted by Crippen LogP contribution is 2.20. The average Bonchev–Trinajstić information content (AvgIpc) is 2.53. The van der Waals surface area contributed by atoms with Gasteiger partial charge in [-0.25, -0.2) is 0 Å². The van der Waals surface area contributed by atoms with Gasteiger partial charge in [-0.15, -0.1) is 0 Å². The van der Waals surface area contributed by atoms with E-state index in [-0.39, 0.29) is 5.92 Å². The molecule has 116 valence electrons. The molecule has 1 heteroatoms. The van der Waals surface area contributed by atoms with Gasteiger partial charge in [-0.3, -0.25) is 4.79 Å². The van der Waals surface area contributed by atoms with Crippen molar-refractivity contribution < 1.29 is 4.79 Å². The minimum absolute atomic E-state index is 0.0168. The number of rotatable bonds is 7. The largest absolute Gasteiger partial charge is 0.299 e. The molecule has 0 heterocycles. The molecule has 22 heavy (non-hydrogen) atoms. The summed E-state index contributed by atoms with van der Waals surface area (Å²) >= 11 is 0. The number of benzene rings is 2. The SMILES string of the molecule is CC(C)Cc1ccc([C@H](C)C(=O)CCc2ccccc2)cc1. The van der Waals surface area contributed by atoms with E-state index in [4.69, 9.17) is 0 Å². The van der Waals surface area contributed by atoms with E-state index in [1.807, 2.05) is 25.1 Å². The second-order valence-electron chi connectivity index (χ2n) is 6.51. The van der Waals surface area contributed by atoms with Gasteiger partial charge in [0.2, 0.25) is 0 Å². The minimum atomic E-state index is -0.0168. The molecule has 0 aromatic heterocycles. The molecule has 0 bridgehead atoms. The normalized spacial score (nSPS) is 12.4. The number of aryl methyl sites for hydroxylation is 1.